The molecule has 0 saturated carbocycles. The molecular weight excluding hydrogens is 280 g/mol. The van der Waals surface area contributed by atoms with E-state index < -0.39 is 0 Å². The zero-order valence-corrected chi connectivity index (χ0v) is 13.6. The SMILES string of the molecule is Cc1cc(C)nc(N2CCCN(Cc3cccs3)CC2)n1. The molecule has 2 aromatic heterocycles. The van der Waals surface area contributed by atoms with E-state index in [1.165, 1.54) is 11.3 Å². The summed E-state index contributed by atoms with van der Waals surface area (Å²) in [6.07, 6.45) is 1.17. The number of thiophene rings is 1. The van der Waals surface area contributed by atoms with Crippen molar-refractivity contribution >= 4 is 17.3 Å². The topological polar surface area (TPSA) is 32.3 Å². The average molecular weight is 302 g/mol. The van der Waals surface area contributed by atoms with Crippen molar-refractivity contribution in [3.63, 3.8) is 0 Å². The van der Waals surface area contributed by atoms with Gasteiger partial charge in [0.2, 0.25) is 5.95 Å². The summed E-state index contributed by atoms with van der Waals surface area (Å²) in [5.74, 6) is 0.894. The fourth-order valence-corrected chi connectivity index (χ4v) is 3.55. The lowest BCUT2D eigenvalue weighted by atomic mass is 10.3. The highest BCUT2D eigenvalue weighted by atomic mass is 32.1. The maximum absolute atomic E-state index is 4.60. The zero-order chi connectivity index (χ0) is 14.7. The Labute approximate surface area is 130 Å². The standard InChI is InChI=1S/C16H22N4S/c1-13-11-14(2)18-16(17-13)20-7-4-6-19(8-9-20)12-15-5-3-10-21-15/h3,5,10-11H,4,6-9,12H2,1-2H3. The first-order valence-corrected chi connectivity index (χ1v) is 8.40. The summed E-state index contributed by atoms with van der Waals surface area (Å²) in [6, 6.07) is 6.39. The molecule has 112 valence electrons. The maximum atomic E-state index is 4.60. The van der Waals surface area contributed by atoms with Crippen molar-refractivity contribution in [1.82, 2.24) is 14.9 Å². The van der Waals surface area contributed by atoms with Crippen molar-refractivity contribution in [3.05, 3.63) is 39.8 Å². The summed E-state index contributed by atoms with van der Waals surface area (Å²) in [4.78, 5) is 15.5. The van der Waals surface area contributed by atoms with Crippen LogP contribution in [0.4, 0.5) is 5.95 Å². The first-order valence-electron chi connectivity index (χ1n) is 7.53. The van der Waals surface area contributed by atoms with Crippen LogP contribution in [0.15, 0.2) is 23.6 Å². The van der Waals surface area contributed by atoms with E-state index in [4.69, 9.17) is 0 Å². The van der Waals surface area contributed by atoms with E-state index >= 15 is 0 Å². The van der Waals surface area contributed by atoms with Crippen LogP contribution in [0.2, 0.25) is 0 Å². The van der Waals surface area contributed by atoms with Crippen LogP contribution >= 0.6 is 11.3 Å². The summed E-state index contributed by atoms with van der Waals surface area (Å²) in [5, 5.41) is 2.16. The highest BCUT2D eigenvalue weighted by Crippen LogP contribution is 2.16. The molecule has 0 amide bonds. The van der Waals surface area contributed by atoms with Crippen LogP contribution in [0.3, 0.4) is 0 Å². The van der Waals surface area contributed by atoms with Crippen LogP contribution in [0.1, 0.15) is 22.7 Å². The molecule has 0 atom stereocenters. The van der Waals surface area contributed by atoms with E-state index in [0.717, 1.165) is 50.1 Å². The lowest BCUT2D eigenvalue weighted by molar-refractivity contribution is 0.288. The van der Waals surface area contributed by atoms with E-state index in [-0.39, 0.29) is 0 Å². The van der Waals surface area contributed by atoms with E-state index in [0.29, 0.717) is 0 Å². The Hall–Kier alpha value is -1.46. The van der Waals surface area contributed by atoms with Gasteiger partial charge < -0.3 is 4.90 Å². The third-order valence-electron chi connectivity index (χ3n) is 3.80. The number of anilines is 1. The molecule has 4 nitrogen and oxygen atoms in total. The van der Waals surface area contributed by atoms with Gasteiger partial charge in [-0.05, 0) is 37.8 Å². The highest BCUT2D eigenvalue weighted by molar-refractivity contribution is 7.09. The van der Waals surface area contributed by atoms with Crippen LogP contribution in [0, 0.1) is 13.8 Å². The second-order valence-corrected chi connectivity index (χ2v) is 6.68. The number of hydrogen-bond donors (Lipinski definition) is 0. The molecule has 0 spiro atoms. The fourth-order valence-electron chi connectivity index (χ4n) is 2.80. The molecule has 21 heavy (non-hydrogen) atoms. The van der Waals surface area contributed by atoms with Crippen LogP contribution in [0.5, 0.6) is 0 Å². The predicted molar refractivity (Wildman–Crippen MR) is 87.9 cm³/mol. The van der Waals surface area contributed by atoms with Crippen LogP contribution in [-0.4, -0.2) is 41.0 Å². The molecule has 1 aliphatic heterocycles. The molecule has 3 heterocycles. The van der Waals surface area contributed by atoms with Gasteiger partial charge in [0.05, 0.1) is 0 Å². The van der Waals surface area contributed by atoms with Gasteiger partial charge >= 0.3 is 0 Å². The molecule has 1 saturated heterocycles. The Balaban J connectivity index is 1.65. The maximum Gasteiger partial charge on any atom is 0.225 e. The molecule has 0 bridgehead atoms. The summed E-state index contributed by atoms with van der Waals surface area (Å²) < 4.78 is 0. The fraction of sp³-hybridized carbons (Fsp3) is 0.500. The number of aryl methyl sites for hydroxylation is 2. The van der Waals surface area contributed by atoms with Crippen molar-refractivity contribution in [2.45, 2.75) is 26.8 Å². The van der Waals surface area contributed by atoms with Crippen LogP contribution in [-0.2, 0) is 6.54 Å². The lowest BCUT2D eigenvalue weighted by Gasteiger charge is -2.22. The van der Waals surface area contributed by atoms with Gasteiger partial charge in [-0.2, -0.15) is 0 Å². The summed E-state index contributed by atoms with van der Waals surface area (Å²) in [6.45, 7) is 9.43. The van der Waals surface area contributed by atoms with Crippen molar-refractivity contribution in [1.29, 1.82) is 0 Å². The smallest absolute Gasteiger partial charge is 0.225 e. The average Bonchev–Trinajstić information content (AvgIpc) is 2.82. The minimum absolute atomic E-state index is 0.894. The lowest BCUT2D eigenvalue weighted by Crippen LogP contribution is -2.31. The van der Waals surface area contributed by atoms with Crippen molar-refractivity contribution in [2.75, 3.05) is 31.1 Å². The second-order valence-electron chi connectivity index (χ2n) is 5.65. The minimum Gasteiger partial charge on any atom is -0.339 e. The zero-order valence-electron chi connectivity index (χ0n) is 12.7. The number of nitrogens with zero attached hydrogens (tertiary/aromatic N) is 4. The summed E-state index contributed by atoms with van der Waals surface area (Å²) >= 11 is 1.84. The van der Waals surface area contributed by atoms with E-state index in [9.17, 15) is 0 Å². The first kappa shape index (κ1) is 14.5. The van der Waals surface area contributed by atoms with Gasteiger partial charge in [0, 0.05) is 49.0 Å². The van der Waals surface area contributed by atoms with E-state index in [2.05, 4.69) is 37.3 Å². The van der Waals surface area contributed by atoms with Crippen LogP contribution < -0.4 is 4.90 Å². The van der Waals surface area contributed by atoms with Gasteiger partial charge in [-0.25, -0.2) is 9.97 Å². The van der Waals surface area contributed by atoms with Gasteiger partial charge in [-0.1, -0.05) is 6.07 Å². The second kappa shape index (κ2) is 6.54. The Kier molecular flexibility index (Phi) is 4.51. The molecule has 0 unspecified atom stereocenters. The van der Waals surface area contributed by atoms with Gasteiger partial charge in [0.1, 0.15) is 0 Å². The van der Waals surface area contributed by atoms with E-state index in [1.54, 1.807) is 0 Å². The number of aromatic nitrogens is 2. The van der Waals surface area contributed by atoms with E-state index in [1.807, 2.05) is 31.3 Å². The Morgan fingerprint density at radius 3 is 2.62 bits per heavy atom. The predicted octanol–water partition coefficient (Wildman–Crippen LogP) is 2.87. The normalized spacial score (nSPS) is 17.0. The molecule has 1 aliphatic rings. The third kappa shape index (κ3) is 3.80. The molecule has 0 radical (unpaired) electrons. The summed E-state index contributed by atoms with van der Waals surface area (Å²) in [7, 11) is 0. The first-order chi connectivity index (χ1) is 10.2. The van der Waals surface area contributed by atoms with Crippen molar-refractivity contribution in [2.24, 2.45) is 0 Å². The molecular formula is C16H22N4S. The van der Waals surface area contributed by atoms with Gasteiger partial charge in [-0.15, -0.1) is 11.3 Å². The van der Waals surface area contributed by atoms with Gasteiger partial charge in [0.25, 0.3) is 0 Å². The molecule has 1 fully saturated rings. The molecule has 0 aromatic carbocycles. The van der Waals surface area contributed by atoms with Gasteiger partial charge in [0.15, 0.2) is 0 Å². The quantitative estimate of drug-likeness (QED) is 0.873. The number of hydrogen-bond acceptors (Lipinski definition) is 5. The van der Waals surface area contributed by atoms with Crippen LogP contribution in [0.25, 0.3) is 0 Å². The Morgan fingerprint density at radius 2 is 1.90 bits per heavy atom. The van der Waals surface area contributed by atoms with Crippen molar-refractivity contribution < 1.29 is 0 Å². The van der Waals surface area contributed by atoms with Gasteiger partial charge in [-0.3, -0.25) is 4.90 Å². The molecule has 5 heteroatoms. The Bertz CT molecular complexity index is 562. The molecule has 0 N–H and O–H groups in total. The number of rotatable bonds is 3. The van der Waals surface area contributed by atoms with Crippen molar-refractivity contribution in [3.8, 4) is 0 Å². The third-order valence-corrected chi connectivity index (χ3v) is 4.66. The minimum atomic E-state index is 0.894. The highest BCUT2D eigenvalue weighted by Gasteiger charge is 2.17. The monoisotopic (exact) mass is 302 g/mol. The molecule has 3 rings (SSSR count). The largest absolute Gasteiger partial charge is 0.339 e. The molecule has 0 aliphatic carbocycles. The Morgan fingerprint density at radius 1 is 1.10 bits per heavy atom. The molecule has 2 aromatic rings. The summed E-state index contributed by atoms with van der Waals surface area (Å²) in [5.41, 5.74) is 2.11.